The zero-order valence-electron chi connectivity index (χ0n) is 13.5. The van der Waals surface area contributed by atoms with Crippen LogP contribution in [0.5, 0.6) is 0 Å². The summed E-state index contributed by atoms with van der Waals surface area (Å²) in [5.74, 6) is 0.282. The second-order valence-electron chi connectivity index (χ2n) is 6.74. The van der Waals surface area contributed by atoms with E-state index in [9.17, 15) is 4.79 Å². The van der Waals surface area contributed by atoms with Crippen molar-refractivity contribution >= 4 is 17.5 Å². The predicted octanol–water partition coefficient (Wildman–Crippen LogP) is 2.85. The highest BCUT2D eigenvalue weighted by atomic mass is 35.5. The Hall–Kier alpha value is -1.10. The Morgan fingerprint density at radius 1 is 1.17 bits per heavy atom. The highest BCUT2D eigenvalue weighted by molar-refractivity contribution is 6.30. The zero-order chi connectivity index (χ0) is 16.1. The van der Waals surface area contributed by atoms with Crippen LogP contribution in [0.25, 0.3) is 0 Å². The first-order valence-electron chi connectivity index (χ1n) is 8.48. The molecule has 3 rings (SSSR count). The molecule has 2 heterocycles. The van der Waals surface area contributed by atoms with Gasteiger partial charge in [-0.2, -0.15) is 0 Å². The molecule has 126 valence electrons. The van der Waals surface area contributed by atoms with Gasteiger partial charge in [0.25, 0.3) is 0 Å². The minimum absolute atomic E-state index is 0.282. The van der Waals surface area contributed by atoms with Gasteiger partial charge in [-0.25, -0.2) is 0 Å². The number of nitrogens with one attached hydrogen (secondary N) is 1. The topological polar surface area (TPSA) is 41.6 Å². The van der Waals surface area contributed by atoms with Crippen LogP contribution in [0.15, 0.2) is 24.3 Å². The van der Waals surface area contributed by atoms with E-state index in [1.165, 1.54) is 12.8 Å². The molecular formula is C18H25ClN2O2. The van der Waals surface area contributed by atoms with E-state index in [0.717, 1.165) is 36.6 Å². The van der Waals surface area contributed by atoms with Gasteiger partial charge in [0.05, 0.1) is 13.2 Å². The first-order valence-corrected chi connectivity index (χ1v) is 8.85. The largest absolute Gasteiger partial charge is 0.375 e. The van der Waals surface area contributed by atoms with Crippen molar-refractivity contribution in [2.75, 3.05) is 32.8 Å². The lowest BCUT2D eigenvalue weighted by molar-refractivity contribution is -0.139. The number of carbonyl (C=O) groups is 1. The Kier molecular flexibility index (Phi) is 5.57. The number of ether oxygens (including phenoxy) is 1. The lowest BCUT2D eigenvalue weighted by Gasteiger charge is -2.45. The molecule has 5 heteroatoms. The van der Waals surface area contributed by atoms with Crippen molar-refractivity contribution < 1.29 is 9.53 Å². The number of amides is 1. The van der Waals surface area contributed by atoms with Gasteiger partial charge in [0.1, 0.15) is 0 Å². The van der Waals surface area contributed by atoms with Gasteiger partial charge in [0.2, 0.25) is 5.91 Å². The van der Waals surface area contributed by atoms with Crippen molar-refractivity contribution in [3.05, 3.63) is 34.9 Å². The molecule has 2 fully saturated rings. The van der Waals surface area contributed by atoms with Crippen LogP contribution in [-0.4, -0.2) is 43.6 Å². The fraction of sp³-hybridized carbons (Fsp3) is 0.611. The van der Waals surface area contributed by atoms with Crippen LogP contribution >= 0.6 is 11.6 Å². The maximum Gasteiger partial charge on any atom is 0.222 e. The summed E-state index contributed by atoms with van der Waals surface area (Å²) in [6.07, 6.45) is 4.11. The summed E-state index contributed by atoms with van der Waals surface area (Å²) < 4.78 is 5.74. The molecule has 4 nitrogen and oxygen atoms in total. The Balaban J connectivity index is 1.44. The molecule has 2 saturated heterocycles. The molecule has 1 aromatic rings. The van der Waals surface area contributed by atoms with Crippen LogP contribution in [-0.2, 0) is 16.1 Å². The van der Waals surface area contributed by atoms with E-state index < -0.39 is 0 Å². The molecule has 2 aliphatic rings. The number of hydrogen-bond donors (Lipinski definition) is 1. The average molecular weight is 337 g/mol. The van der Waals surface area contributed by atoms with E-state index in [2.05, 4.69) is 5.32 Å². The number of carbonyl (C=O) groups excluding carboxylic acids is 1. The molecule has 0 radical (unpaired) electrons. The smallest absolute Gasteiger partial charge is 0.222 e. The number of piperidine rings is 2. The fourth-order valence-corrected chi connectivity index (χ4v) is 3.74. The van der Waals surface area contributed by atoms with Crippen LogP contribution in [0, 0.1) is 5.41 Å². The van der Waals surface area contributed by atoms with Crippen LogP contribution in [0.3, 0.4) is 0 Å². The van der Waals surface area contributed by atoms with Crippen LogP contribution in [0.1, 0.15) is 31.2 Å². The maximum atomic E-state index is 12.2. The quantitative estimate of drug-likeness (QED) is 0.841. The normalized spacial score (nSPS) is 20.9. The van der Waals surface area contributed by atoms with Crippen molar-refractivity contribution in [1.82, 2.24) is 10.2 Å². The minimum Gasteiger partial charge on any atom is -0.375 e. The van der Waals surface area contributed by atoms with Gasteiger partial charge in [-0.05, 0) is 55.5 Å². The highest BCUT2D eigenvalue weighted by Crippen LogP contribution is 2.38. The molecule has 1 N–H and O–H groups in total. The molecule has 0 saturated carbocycles. The van der Waals surface area contributed by atoms with E-state index in [4.69, 9.17) is 16.3 Å². The number of benzene rings is 1. The van der Waals surface area contributed by atoms with Crippen molar-refractivity contribution in [1.29, 1.82) is 0 Å². The third-order valence-electron chi connectivity index (χ3n) is 5.10. The van der Waals surface area contributed by atoms with Gasteiger partial charge in [0, 0.05) is 24.5 Å². The number of hydrogen-bond acceptors (Lipinski definition) is 3. The Morgan fingerprint density at radius 2 is 1.91 bits per heavy atom. The lowest BCUT2D eigenvalue weighted by atomic mass is 9.73. The van der Waals surface area contributed by atoms with Gasteiger partial charge in [-0.3, -0.25) is 4.79 Å². The first kappa shape index (κ1) is 16.7. The monoisotopic (exact) mass is 336 g/mol. The molecule has 0 bridgehead atoms. The van der Waals surface area contributed by atoms with Gasteiger partial charge < -0.3 is 15.0 Å². The van der Waals surface area contributed by atoms with Crippen molar-refractivity contribution in [3.63, 3.8) is 0 Å². The third-order valence-corrected chi connectivity index (χ3v) is 5.35. The Morgan fingerprint density at radius 3 is 2.65 bits per heavy atom. The first-order chi connectivity index (χ1) is 11.2. The summed E-state index contributed by atoms with van der Waals surface area (Å²) >= 11 is 5.87. The molecule has 1 amide bonds. The molecule has 23 heavy (non-hydrogen) atoms. The van der Waals surface area contributed by atoms with Crippen molar-refractivity contribution in [2.24, 2.45) is 5.41 Å². The summed E-state index contributed by atoms with van der Waals surface area (Å²) in [5.41, 5.74) is 1.45. The summed E-state index contributed by atoms with van der Waals surface area (Å²) in [5, 5.41) is 4.16. The van der Waals surface area contributed by atoms with Crippen molar-refractivity contribution in [2.45, 2.75) is 32.3 Å². The Labute approximate surface area is 143 Å². The molecule has 0 aliphatic carbocycles. The molecule has 2 aliphatic heterocycles. The van der Waals surface area contributed by atoms with Gasteiger partial charge in [-0.1, -0.05) is 23.7 Å². The SMILES string of the molecule is O=C1CCC2(CCNCC2)CN1CCOCc1ccc(Cl)cc1. The van der Waals surface area contributed by atoms with Crippen LogP contribution < -0.4 is 5.32 Å². The van der Waals surface area contributed by atoms with Gasteiger partial charge >= 0.3 is 0 Å². The standard InChI is InChI=1S/C18H25ClN2O2/c19-16-3-1-15(2-4-16)13-23-12-11-21-14-18(6-5-17(21)22)7-9-20-10-8-18/h1-4,20H,5-14H2. The highest BCUT2D eigenvalue weighted by Gasteiger charge is 2.39. The molecule has 0 atom stereocenters. The van der Waals surface area contributed by atoms with Crippen LogP contribution in [0.4, 0.5) is 0 Å². The van der Waals surface area contributed by atoms with E-state index in [1.54, 1.807) is 0 Å². The second-order valence-corrected chi connectivity index (χ2v) is 7.18. The summed E-state index contributed by atoms with van der Waals surface area (Å²) in [6.45, 7) is 4.90. The lowest BCUT2D eigenvalue weighted by Crippen LogP contribution is -2.51. The predicted molar refractivity (Wildman–Crippen MR) is 91.5 cm³/mol. The number of likely N-dealkylation sites (tertiary alicyclic amines) is 1. The van der Waals surface area contributed by atoms with Gasteiger partial charge in [-0.15, -0.1) is 0 Å². The molecular weight excluding hydrogens is 312 g/mol. The molecule has 0 unspecified atom stereocenters. The summed E-state index contributed by atoms with van der Waals surface area (Å²) in [4.78, 5) is 14.2. The maximum absolute atomic E-state index is 12.2. The molecule has 1 spiro atoms. The third kappa shape index (κ3) is 4.46. The minimum atomic E-state index is 0.282. The van der Waals surface area contributed by atoms with E-state index >= 15 is 0 Å². The fourth-order valence-electron chi connectivity index (χ4n) is 3.62. The number of rotatable bonds is 5. The summed E-state index contributed by atoms with van der Waals surface area (Å²) in [6, 6.07) is 7.68. The van der Waals surface area contributed by atoms with E-state index in [0.29, 0.717) is 31.6 Å². The Bertz CT molecular complexity index is 526. The van der Waals surface area contributed by atoms with Crippen molar-refractivity contribution in [3.8, 4) is 0 Å². The number of halogens is 1. The second kappa shape index (κ2) is 7.65. The number of nitrogens with zero attached hydrogens (tertiary/aromatic N) is 1. The van der Waals surface area contributed by atoms with Gasteiger partial charge in [0.15, 0.2) is 0 Å². The summed E-state index contributed by atoms with van der Waals surface area (Å²) in [7, 11) is 0. The van der Waals surface area contributed by atoms with E-state index in [-0.39, 0.29) is 5.91 Å². The van der Waals surface area contributed by atoms with E-state index in [1.807, 2.05) is 29.2 Å². The molecule has 0 aromatic heterocycles. The molecule has 1 aromatic carbocycles. The zero-order valence-corrected chi connectivity index (χ0v) is 14.3. The van der Waals surface area contributed by atoms with Crippen LogP contribution in [0.2, 0.25) is 5.02 Å². The average Bonchev–Trinajstić information content (AvgIpc) is 2.57.